The Balaban J connectivity index is 2.38. The molecule has 0 aliphatic rings. The number of aryl methyl sites for hydroxylation is 1. The highest BCUT2D eigenvalue weighted by Crippen LogP contribution is 2.07. The number of rotatable bonds is 6. The van der Waals surface area contributed by atoms with Gasteiger partial charge in [0.15, 0.2) is 0 Å². The lowest BCUT2D eigenvalue weighted by atomic mass is 10.2. The molecule has 7 nitrogen and oxygen atoms in total. The summed E-state index contributed by atoms with van der Waals surface area (Å²) in [6, 6.07) is -1.68. The smallest absolute Gasteiger partial charge is 0.326 e. The minimum atomic E-state index is -1.18. The van der Waals surface area contributed by atoms with E-state index in [-0.39, 0.29) is 19.6 Å². The SMILES string of the molecule is Cc1csc(CNC(=O)N[C@@H](CCO)C(=O)O)n1. The maximum atomic E-state index is 11.4. The number of aliphatic hydroxyl groups is 1. The molecule has 1 aromatic rings. The van der Waals surface area contributed by atoms with Crippen LogP contribution in [0.3, 0.4) is 0 Å². The van der Waals surface area contributed by atoms with Gasteiger partial charge in [0, 0.05) is 24.1 Å². The molecule has 0 bridgehead atoms. The zero-order valence-corrected chi connectivity index (χ0v) is 10.7. The minimum Gasteiger partial charge on any atom is -0.480 e. The van der Waals surface area contributed by atoms with Crippen molar-refractivity contribution in [3.63, 3.8) is 0 Å². The van der Waals surface area contributed by atoms with Crippen LogP contribution in [-0.2, 0) is 11.3 Å². The van der Waals surface area contributed by atoms with Crippen molar-refractivity contribution in [3.05, 3.63) is 16.1 Å². The molecule has 8 heteroatoms. The van der Waals surface area contributed by atoms with Crippen molar-refractivity contribution in [3.8, 4) is 0 Å². The van der Waals surface area contributed by atoms with Crippen LogP contribution in [0.2, 0.25) is 0 Å². The van der Waals surface area contributed by atoms with Crippen molar-refractivity contribution in [2.45, 2.75) is 25.9 Å². The van der Waals surface area contributed by atoms with Gasteiger partial charge < -0.3 is 20.8 Å². The van der Waals surface area contributed by atoms with Crippen LogP contribution in [0.15, 0.2) is 5.38 Å². The molecule has 0 unspecified atom stereocenters. The summed E-state index contributed by atoms with van der Waals surface area (Å²) in [5.74, 6) is -1.18. The Morgan fingerprint density at radius 2 is 2.28 bits per heavy atom. The molecular weight excluding hydrogens is 258 g/mol. The highest BCUT2D eigenvalue weighted by Gasteiger charge is 2.18. The fraction of sp³-hybridized carbons (Fsp3) is 0.500. The lowest BCUT2D eigenvalue weighted by Gasteiger charge is -2.13. The number of aliphatic hydroxyl groups excluding tert-OH is 1. The van der Waals surface area contributed by atoms with Crippen LogP contribution in [0.25, 0.3) is 0 Å². The molecule has 100 valence electrons. The number of amides is 2. The molecule has 0 saturated carbocycles. The van der Waals surface area contributed by atoms with Gasteiger partial charge >= 0.3 is 12.0 Å². The van der Waals surface area contributed by atoms with E-state index in [1.54, 1.807) is 0 Å². The number of urea groups is 1. The number of aliphatic carboxylic acids is 1. The summed E-state index contributed by atoms with van der Waals surface area (Å²) in [7, 11) is 0. The number of thiazole rings is 1. The first-order valence-corrected chi connectivity index (χ1v) is 6.20. The van der Waals surface area contributed by atoms with Crippen molar-refractivity contribution in [1.82, 2.24) is 15.6 Å². The van der Waals surface area contributed by atoms with Gasteiger partial charge in [-0.2, -0.15) is 0 Å². The van der Waals surface area contributed by atoms with Crippen LogP contribution in [0.5, 0.6) is 0 Å². The second-order valence-electron chi connectivity index (χ2n) is 3.61. The number of carboxylic acids is 1. The molecule has 1 heterocycles. The molecule has 0 aromatic carbocycles. The molecule has 2 amide bonds. The van der Waals surface area contributed by atoms with E-state index >= 15 is 0 Å². The van der Waals surface area contributed by atoms with Crippen LogP contribution in [0.1, 0.15) is 17.1 Å². The van der Waals surface area contributed by atoms with E-state index in [2.05, 4.69) is 15.6 Å². The molecule has 0 aliphatic heterocycles. The second kappa shape index (κ2) is 6.92. The monoisotopic (exact) mass is 273 g/mol. The molecule has 0 spiro atoms. The number of carbonyl (C=O) groups is 2. The Bertz CT molecular complexity index is 421. The molecule has 1 rings (SSSR count). The third-order valence-corrected chi connectivity index (χ3v) is 3.05. The van der Waals surface area contributed by atoms with Gasteiger partial charge in [-0.15, -0.1) is 11.3 Å². The topological polar surface area (TPSA) is 112 Å². The van der Waals surface area contributed by atoms with Crippen molar-refractivity contribution in [2.24, 2.45) is 0 Å². The molecule has 1 aromatic heterocycles. The number of nitrogens with zero attached hydrogens (tertiary/aromatic N) is 1. The molecule has 4 N–H and O–H groups in total. The Morgan fingerprint density at radius 1 is 1.56 bits per heavy atom. The first-order valence-electron chi connectivity index (χ1n) is 5.32. The molecule has 0 fully saturated rings. The van der Waals surface area contributed by atoms with Gasteiger partial charge in [0.25, 0.3) is 0 Å². The number of carbonyl (C=O) groups excluding carboxylic acids is 1. The summed E-state index contributed by atoms with van der Waals surface area (Å²) in [5, 5.41) is 24.8. The van der Waals surface area contributed by atoms with E-state index < -0.39 is 18.0 Å². The maximum Gasteiger partial charge on any atom is 0.326 e. The lowest BCUT2D eigenvalue weighted by Crippen LogP contribution is -2.46. The van der Waals surface area contributed by atoms with Gasteiger partial charge in [-0.25, -0.2) is 14.6 Å². The van der Waals surface area contributed by atoms with E-state index in [9.17, 15) is 9.59 Å². The summed E-state index contributed by atoms with van der Waals surface area (Å²) in [6.45, 7) is 1.79. The number of hydrogen-bond acceptors (Lipinski definition) is 5. The normalized spacial score (nSPS) is 11.9. The minimum absolute atomic E-state index is 0.0287. The molecule has 0 aliphatic carbocycles. The van der Waals surface area contributed by atoms with Crippen LogP contribution >= 0.6 is 11.3 Å². The average molecular weight is 273 g/mol. The zero-order chi connectivity index (χ0) is 13.5. The Kier molecular flexibility index (Phi) is 5.53. The van der Waals surface area contributed by atoms with Crippen molar-refractivity contribution in [1.29, 1.82) is 0 Å². The van der Waals surface area contributed by atoms with E-state index in [1.807, 2.05) is 12.3 Å². The van der Waals surface area contributed by atoms with Gasteiger partial charge in [0.05, 0.1) is 6.54 Å². The second-order valence-corrected chi connectivity index (χ2v) is 4.56. The Morgan fingerprint density at radius 3 is 2.78 bits per heavy atom. The molecule has 1 atom stereocenters. The average Bonchev–Trinajstić information content (AvgIpc) is 2.72. The van der Waals surface area contributed by atoms with E-state index in [4.69, 9.17) is 10.2 Å². The van der Waals surface area contributed by atoms with Gasteiger partial charge in [-0.05, 0) is 6.92 Å². The summed E-state index contributed by atoms with van der Waals surface area (Å²) in [6.07, 6.45) is -0.0287. The van der Waals surface area contributed by atoms with E-state index in [0.29, 0.717) is 0 Å². The van der Waals surface area contributed by atoms with Gasteiger partial charge in [-0.3, -0.25) is 0 Å². The predicted molar refractivity (Wildman–Crippen MR) is 65.3 cm³/mol. The number of carboxylic acid groups (broad SMARTS) is 1. The van der Waals surface area contributed by atoms with Crippen molar-refractivity contribution in [2.75, 3.05) is 6.61 Å². The van der Waals surface area contributed by atoms with Gasteiger partial charge in [0.1, 0.15) is 11.0 Å². The first kappa shape index (κ1) is 14.4. The third kappa shape index (κ3) is 4.68. The maximum absolute atomic E-state index is 11.4. The molecular formula is C10H15N3O4S. The van der Waals surface area contributed by atoms with Crippen LogP contribution in [0, 0.1) is 6.92 Å². The molecule has 0 saturated heterocycles. The van der Waals surface area contributed by atoms with Gasteiger partial charge in [0.2, 0.25) is 0 Å². The fourth-order valence-electron chi connectivity index (χ4n) is 1.24. The highest BCUT2D eigenvalue weighted by molar-refractivity contribution is 7.09. The zero-order valence-electron chi connectivity index (χ0n) is 9.84. The van der Waals surface area contributed by atoms with E-state index in [1.165, 1.54) is 11.3 Å². The van der Waals surface area contributed by atoms with Crippen LogP contribution < -0.4 is 10.6 Å². The number of nitrogens with one attached hydrogen (secondary N) is 2. The Labute approximate surface area is 108 Å². The van der Waals surface area contributed by atoms with Crippen LogP contribution in [0.4, 0.5) is 4.79 Å². The summed E-state index contributed by atoms with van der Waals surface area (Å²) < 4.78 is 0. The molecule has 0 radical (unpaired) electrons. The number of aromatic nitrogens is 1. The summed E-state index contributed by atoms with van der Waals surface area (Å²) in [4.78, 5) is 26.3. The fourth-order valence-corrected chi connectivity index (χ4v) is 1.95. The van der Waals surface area contributed by atoms with Crippen molar-refractivity contribution < 1.29 is 19.8 Å². The van der Waals surface area contributed by atoms with Crippen LogP contribution in [-0.4, -0.2) is 39.8 Å². The predicted octanol–water partition coefficient (Wildman–Crippen LogP) is 0.0863. The van der Waals surface area contributed by atoms with Gasteiger partial charge in [-0.1, -0.05) is 0 Å². The number of hydrogen-bond donors (Lipinski definition) is 4. The Hall–Kier alpha value is -1.67. The third-order valence-electron chi connectivity index (χ3n) is 2.09. The van der Waals surface area contributed by atoms with E-state index in [0.717, 1.165) is 10.7 Å². The quantitative estimate of drug-likeness (QED) is 0.587. The largest absolute Gasteiger partial charge is 0.480 e. The summed E-state index contributed by atoms with van der Waals surface area (Å²) >= 11 is 1.42. The lowest BCUT2D eigenvalue weighted by molar-refractivity contribution is -0.139. The highest BCUT2D eigenvalue weighted by atomic mass is 32.1. The standard InChI is InChI=1S/C10H15N3O4S/c1-6-5-18-8(12-6)4-11-10(17)13-7(2-3-14)9(15)16/h5,7,14H,2-4H2,1H3,(H,15,16)(H2,11,13,17)/t7-/m0/s1. The first-order chi connectivity index (χ1) is 8.52. The van der Waals surface area contributed by atoms with Crippen molar-refractivity contribution >= 4 is 23.3 Å². The molecule has 18 heavy (non-hydrogen) atoms. The summed E-state index contributed by atoms with van der Waals surface area (Å²) in [5.41, 5.74) is 0.876.